The number of fused-ring (bicyclic) bond motifs is 1. The third-order valence-corrected chi connectivity index (χ3v) is 10.2. The fraction of sp³-hybridized carbons (Fsp3) is 0.606. The van der Waals surface area contributed by atoms with E-state index in [0.717, 1.165) is 31.2 Å². The fourth-order valence-electron chi connectivity index (χ4n) is 5.37. The van der Waals surface area contributed by atoms with E-state index in [1.807, 2.05) is 37.3 Å². The minimum absolute atomic E-state index is 0.213. The molecule has 1 fully saturated rings. The van der Waals surface area contributed by atoms with Crippen molar-refractivity contribution >= 4 is 36.4 Å². The molecule has 1 aromatic carbocycles. The Bertz CT molecular complexity index is 1510. The van der Waals surface area contributed by atoms with Crippen LogP contribution in [-0.4, -0.2) is 81.4 Å². The van der Waals surface area contributed by atoms with Crippen LogP contribution in [0.25, 0.3) is 11.2 Å². The molecule has 0 bridgehead atoms. The highest BCUT2D eigenvalue weighted by molar-refractivity contribution is 7.59. The third-order valence-electron chi connectivity index (χ3n) is 8.01. The summed E-state index contributed by atoms with van der Waals surface area (Å²) in [6.45, 7) is 8.72. The van der Waals surface area contributed by atoms with Gasteiger partial charge in [-0.1, -0.05) is 56.5 Å². The van der Waals surface area contributed by atoms with Crippen LogP contribution < -0.4 is 15.9 Å². The van der Waals surface area contributed by atoms with Crippen molar-refractivity contribution < 1.29 is 33.1 Å². The molecule has 3 heterocycles. The predicted octanol–water partition coefficient (Wildman–Crippen LogP) is 4.38. The molecule has 1 saturated heterocycles. The Morgan fingerprint density at radius 2 is 1.88 bits per heavy atom. The van der Waals surface area contributed by atoms with Gasteiger partial charge in [0.2, 0.25) is 7.44 Å². The van der Waals surface area contributed by atoms with Crippen LogP contribution in [-0.2, 0) is 46.1 Å². The Kier molecular flexibility index (Phi) is 13.9. The van der Waals surface area contributed by atoms with Gasteiger partial charge in [0.25, 0.3) is 0 Å². The second-order valence-corrected chi connectivity index (χ2v) is 14.9. The number of hydrogen-bond acceptors (Lipinski definition) is 11. The van der Waals surface area contributed by atoms with Crippen molar-refractivity contribution in [3.8, 4) is 0 Å². The number of nitrogens with two attached hydrogens (primary N) is 1. The topological polar surface area (TPSA) is 182 Å². The van der Waals surface area contributed by atoms with E-state index >= 15 is 0 Å². The third kappa shape index (κ3) is 11.1. The highest BCUT2D eigenvalue weighted by atomic mass is 31.2. The van der Waals surface area contributed by atoms with E-state index in [2.05, 4.69) is 32.1 Å². The summed E-state index contributed by atoms with van der Waals surface area (Å²) in [6.07, 6.45) is 7.00. The maximum atomic E-state index is 14.9. The zero-order chi connectivity index (χ0) is 34.6. The van der Waals surface area contributed by atoms with Gasteiger partial charge in [-0.15, -0.1) is 0 Å². The molecule has 264 valence electrons. The molecule has 1 aliphatic rings. The zero-order valence-electron chi connectivity index (χ0n) is 28.4. The van der Waals surface area contributed by atoms with E-state index in [0.29, 0.717) is 43.8 Å². The Hall–Kier alpha value is -3.42. The minimum atomic E-state index is -3.86. The first-order valence-corrected chi connectivity index (χ1v) is 18.6. The molecule has 15 heteroatoms. The van der Waals surface area contributed by atoms with E-state index < -0.39 is 37.1 Å². The molecule has 4 N–H and O–H groups in total. The monoisotopic (exact) mass is 687 g/mol. The van der Waals surface area contributed by atoms with Crippen LogP contribution in [0.5, 0.6) is 0 Å². The van der Waals surface area contributed by atoms with Gasteiger partial charge in [-0.2, -0.15) is 0 Å². The van der Waals surface area contributed by atoms with Crippen LogP contribution in [0.4, 0.5) is 5.82 Å². The lowest BCUT2D eigenvalue weighted by Gasteiger charge is -2.34. The van der Waals surface area contributed by atoms with Crippen LogP contribution >= 0.6 is 7.44 Å². The van der Waals surface area contributed by atoms with E-state index in [4.69, 9.17) is 24.7 Å². The van der Waals surface area contributed by atoms with Gasteiger partial charge in [-0.25, -0.2) is 25.1 Å². The summed E-state index contributed by atoms with van der Waals surface area (Å²) in [6, 6.07) is 8.42. The molecule has 14 nitrogen and oxygen atoms in total. The number of imidazole rings is 1. The summed E-state index contributed by atoms with van der Waals surface area (Å²) in [5.74, 6) is -0.832. The maximum absolute atomic E-state index is 14.9. The number of anilines is 1. The number of esters is 2. The summed E-state index contributed by atoms with van der Waals surface area (Å²) < 4.78 is 39.6. The maximum Gasteiger partial charge on any atom is 0.326 e. The molecule has 1 unspecified atom stereocenters. The molecule has 0 spiro atoms. The van der Waals surface area contributed by atoms with Crippen LogP contribution in [0.2, 0.25) is 0 Å². The smallest absolute Gasteiger partial charge is 0.326 e. The van der Waals surface area contributed by atoms with Crippen molar-refractivity contribution in [1.29, 1.82) is 0 Å². The molecule has 0 saturated carbocycles. The Balaban J connectivity index is 1.53. The predicted molar refractivity (Wildman–Crippen MR) is 182 cm³/mol. The number of hydrogen-bond donors (Lipinski definition) is 3. The van der Waals surface area contributed by atoms with E-state index in [1.54, 1.807) is 24.7 Å². The molecule has 3 aromatic rings. The lowest BCUT2D eigenvalue weighted by atomic mass is 10.1. The highest BCUT2D eigenvalue weighted by Gasteiger charge is 2.41. The van der Waals surface area contributed by atoms with Crippen LogP contribution in [0.3, 0.4) is 0 Å². The lowest BCUT2D eigenvalue weighted by molar-refractivity contribution is -0.159. The number of rotatable bonds is 19. The van der Waals surface area contributed by atoms with E-state index in [9.17, 15) is 14.2 Å². The van der Waals surface area contributed by atoms with Gasteiger partial charge >= 0.3 is 11.9 Å². The normalized spacial score (nSPS) is 16.7. The van der Waals surface area contributed by atoms with Crippen LogP contribution in [0, 0.1) is 0 Å². The van der Waals surface area contributed by atoms with Gasteiger partial charge in [0.05, 0.1) is 38.8 Å². The average Bonchev–Trinajstić information content (AvgIpc) is 3.47. The van der Waals surface area contributed by atoms with Gasteiger partial charge < -0.3 is 29.2 Å². The highest BCUT2D eigenvalue weighted by Crippen LogP contribution is 2.41. The van der Waals surface area contributed by atoms with Gasteiger partial charge in [-0.3, -0.25) is 14.2 Å². The Morgan fingerprint density at radius 3 is 2.60 bits per heavy atom. The molecule has 0 aliphatic carbocycles. The molecule has 4 rings (SSSR count). The van der Waals surface area contributed by atoms with Gasteiger partial charge in [0.1, 0.15) is 35.9 Å². The van der Waals surface area contributed by atoms with Crippen molar-refractivity contribution in [3.05, 3.63) is 48.5 Å². The van der Waals surface area contributed by atoms with Crippen LogP contribution in [0.1, 0.15) is 71.8 Å². The number of nitrogens with zero attached hydrogens (tertiary/aromatic N) is 4. The first-order valence-electron chi connectivity index (χ1n) is 16.7. The van der Waals surface area contributed by atoms with Gasteiger partial charge in [0, 0.05) is 12.8 Å². The minimum Gasteiger partial charge on any atom is -0.465 e. The standard InChI is InChI=1S/C33H50N7O7P/c1-5-6-7-11-16-45-31(41)27(19-25-12-9-8-10-13-25)38-48(43,39-33(3,4)32(42)47-26-14-17-44-18-15-26)23-46-24(2)20-40-22-37-28-29(34)35-21-36-30(28)40/h8-10,12-13,21-22,24,26-27H,5-7,11,14-20,23H2,1-4H3,(H2,34,35,36)(H2,38,39,43)/t24-,27+,48?/m1/s1. The number of aromatic nitrogens is 4. The summed E-state index contributed by atoms with van der Waals surface area (Å²) in [4.78, 5) is 39.5. The van der Waals surface area contributed by atoms with Gasteiger partial charge in [-0.05, 0) is 39.2 Å². The van der Waals surface area contributed by atoms with Crippen molar-refractivity contribution in [2.75, 3.05) is 31.9 Å². The summed E-state index contributed by atoms with van der Waals surface area (Å²) in [5, 5.41) is 6.07. The summed E-state index contributed by atoms with van der Waals surface area (Å²) in [7, 11) is -3.86. The zero-order valence-corrected chi connectivity index (χ0v) is 29.3. The molecule has 0 amide bonds. The van der Waals surface area contributed by atoms with Crippen molar-refractivity contribution in [3.63, 3.8) is 0 Å². The number of nitrogens with one attached hydrogen (secondary N) is 2. The quantitative estimate of drug-likeness (QED) is 0.0918. The molecular formula is C33H50N7O7P. The van der Waals surface area contributed by atoms with Crippen molar-refractivity contribution in [2.24, 2.45) is 0 Å². The number of unbranched alkanes of at least 4 members (excludes halogenated alkanes) is 3. The first-order chi connectivity index (χ1) is 23.0. The Labute approximate surface area is 282 Å². The second-order valence-electron chi connectivity index (χ2n) is 12.7. The fourth-order valence-corrected chi connectivity index (χ4v) is 7.73. The van der Waals surface area contributed by atoms with E-state index in [1.165, 1.54) is 6.33 Å². The number of nitrogen functional groups attached to an aromatic ring is 1. The number of benzene rings is 1. The van der Waals surface area contributed by atoms with Gasteiger partial charge in [0.15, 0.2) is 11.5 Å². The number of carbonyl (C=O) groups excluding carboxylic acids is 2. The SMILES string of the molecule is CCCCCCOC(=O)[C@H](Cc1ccccc1)NP(=O)(CO[C@H](C)Cn1cnc2c(N)ncnc21)NC(C)(C)C(=O)OC1CCOCC1. The molecular weight excluding hydrogens is 637 g/mol. The Morgan fingerprint density at radius 1 is 1.12 bits per heavy atom. The molecule has 2 aromatic heterocycles. The first kappa shape index (κ1) is 37.4. The molecule has 48 heavy (non-hydrogen) atoms. The average molecular weight is 688 g/mol. The number of ether oxygens (including phenoxy) is 4. The van der Waals surface area contributed by atoms with Crippen molar-refractivity contribution in [1.82, 2.24) is 29.7 Å². The summed E-state index contributed by atoms with van der Waals surface area (Å²) in [5.41, 5.74) is 6.41. The van der Waals surface area contributed by atoms with E-state index in [-0.39, 0.29) is 31.3 Å². The van der Waals surface area contributed by atoms with Crippen molar-refractivity contribution in [2.45, 2.75) is 103 Å². The molecule has 1 aliphatic heterocycles. The molecule has 0 radical (unpaired) electrons. The van der Waals surface area contributed by atoms with Crippen LogP contribution in [0.15, 0.2) is 43.0 Å². The molecule has 3 atom stereocenters. The number of carbonyl (C=O) groups is 2. The second kappa shape index (κ2) is 17.8. The largest absolute Gasteiger partial charge is 0.465 e. The summed E-state index contributed by atoms with van der Waals surface area (Å²) >= 11 is 0. The lowest BCUT2D eigenvalue weighted by Crippen LogP contribution is -2.52.